The highest BCUT2D eigenvalue weighted by atomic mass is 16.5. The number of rotatable bonds is 3. The van der Waals surface area contributed by atoms with Gasteiger partial charge in [-0.3, -0.25) is 0 Å². The molecular weight excluding hydrogens is 150 g/mol. The molecule has 2 nitrogen and oxygen atoms in total. The van der Waals surface area contributed by atoms with E-state index in [1.165, 1.54) is 19.3 Å². The highest BCUT2D eigenvalue weighted by molar-refractivity contribution is 4.98. The van der Waals surface area contributed by atoms with Gasteiger partial charge in [0.15, 0.2) is 0 Å². The first-order valence-corrected chi connectivity index (χ1v) is 5.07. The third-order valence-electron chi connectivity index (χ3n) is 3.99. The van der Waals surface area contributed by atoms with Gasteiger partial charge in [0.05, 0.1) is 13.2 Å². The summed E-state index contributed by atoms with van der Waals surface area (Å²) >= 11 is 0. The summed E-state index contributed by atoms with van der Waals surface area (Å²) < 4.78 is 5.36. The molecule has 2 heteroatoms. The molecule has 1 atom stereocenters. The Balaban J connectivity index is 2.02. The van der Waals surface area contributed by atoms with Crippen LogP contribution in [0.2, 0.25) is 0 Å². The largest absolute Gasteiger partial charge is 0.380 e. The van der Waals surface area contributed by atoms with E-state index in [9.17, 15) is 0 Å². The summed E-state index contributed by atoms with van der Waals surface area (Å²) in [5, 5.41) is 0. The van der Waals surface area contributed by atoms with E-state index in [0.717, 1.165) is 25.7 Å². The first-order valence-electron chi connectivity index (χ1n) is 5.07. The Labute approximate surface area is 74.5 Å². The first kappa shape index (κ1) is 8.52. The summed E-state index contributed by atoms with van der Waals surface area (Å²) in [5.41, 5.74) is 6.21. The molecule has 0 radical (unpaired) electrons. The predicted octanol–water partition coefficient (Wildman–Crippen LogP) is 1.40. The predicted molar refractivity (Wildman–Crippen MR) is 48.8 cm³/mol. The lowest BCUT2D eigenvalue weighted by molar-refractivity contribution is -0.188. The Kier molecular flexibility index (Phi) is 2.13. The van der Waals surface area contributed by atoms with Gasteiger partial charge in [0.2, 0.25) is 0 Å². The van der Waals surface area contributed by atoms with Crippen LogP contribution in [0.25, 0.3) is 0 Å². The maximum atomic E-state index is 5.73. The van der Waals surface area contributed by atoms with Crippen LogP contribution in [0.15, 0.2) is 0 Å². The molecule has 12 heavy (non-hydrogen) atoms. The van der Waals surface area contributed by atoms with Crippen molar-refractivity contribution in [1.82, 2.24) is 0 Å². The fraction of sp³-hybridized carbons (Fsp3) is 1.00. The summed E-state index contributed by atoms with van der Waals surface area (Å²) in [7, 11) is 0. The standard InChI is InChI=1S/C10H19NO/c1-8(5-11)10(6-12-7-10)9-3-2-4-9/h8-9H,2-7,11H2,1H3. The second-order valence-corrected chi connectivity index (χ2v) is 4.49. The summed E-state index contributed by atoms with van der Waals surface area (Å²) in [4.78, 5) is 0. The van der Waals surface area contributed by atoms with Crippen molar-refractivity contribution in [3.8, 4) is 0 Å². The highest BCUT2D eigenvalue weighted by Crippen LogP contribution is 2.50. The van der Waals surface area contributed by atoms with E-state index in [-0.39, 0.29) is 0 Å². The van der Waals surface area contributed by atoms with Crippen molar-refractivity contribution in [2.24, 2.45) is 23.0 Å². The fourth-order valence-electron chi connectivity index (χ4n) is 2.48. The van der Waals surface area contributed by atoms with Gasteiger partial charge in [-0.1, -0.05) is 13.3 Å². The maximum Gasteiger partial charge on any atom is 0.0550 e. The Morgan fingerprint density at radius 1 is 1.50 bits per heavy atom. The number of hydrogen-bond donors (Lipinski definition) is 1. The molecule has 1 heterocycles. The van der Waals surface area contributed by atoms with Gasteiger partial charge in [-0.25, -0.2) is 0 Å². The zero-order valence-corrected chi connectivity index (χ0v) is 7.88. The SMILES string of the molecule is CC(CN)C1(C2CCC2)COC1. The van der Waals surface area contributed by atoms with Gasteiger partial charge >= 0.3 is 0 Å². The molecule has 0 amide bonds. The minimum atomic E-state index is 0.479. The van der Waals surface area contributed by atoms with Crippen molar-refractivity contribution in [3.63, 3.8) is 0 Å². The second kappa shape index (κ2) is 3.00. The monoisotopic (exact) mass is 169 g/mol. The number of ether oxygens (including phenoxy) is 1. The molecule has 0 aromatic carbocycles. The van der Waals surface area contributed by atoms with Crippen molar-refractivity contribution in [2.75, 3.05) is 19.8 Å². The van der Waals surface area contributed by atoms with E-state index in [2.05, 4.69) is 6.92 Å². The van der Waals surface area contributed by atoms with E-state index < -0.39 is 0 Å². The Morgan fingerprint density at radius 3 is 2.42 bits per heavy atom. The van der Waals surface area contributed by atoms with Gasteiger partial charge in [0, 0.05) is 5.41 Å². The zero-order chi connectivity index (χ0) is 8.60. The van der Waals surface area contributed by atoms with E-state index in [4.69, 9.17) is 10.5 Å². The van der Waals surface area contributed by atoms with Gasteiger partial charge in [-0.15, -0.1) is 0 Å². The molecule has 1 aliphatic carbocycles. The molecular formula is C10H19NO. The van der Waals surface area contributed by atoms with Crippen molar-refractivity contribution in [1.29, 1.82) is 0 Å². The molecule has 0 bridgehead atoms. The van der Waals surface area contributed by atoms with Crippen LogP contribution < -0.4 is 5.73 Å². The lowest BCUT2D eigenvalue weighted by atomic mass is 9.58. The van der Waals surface area contributed by atoms with Crippen LogP contribution in [-0.4, -0.2) is 19.8 Å². The quantitative estimate of drug-likeness (QED) is 0.693. The van der Waals surface area contributed by atoms with Crippen LogP contribution >= 0.6 is 0 Å². The minimum Gasteiger partial charge on any atom is -0.380 e. The smallest absolute Gasteiger partial charge is 0.0550 e. The topological polar surface area (TPSA) is 35.2 Å². The number of nitrogens with two attached hydrogens (primary N) is 1. The van der Waals surface area contributed by atoms with Crippen molar-refractivity contribution in [2.45, 2.75) is 26.2 Å². The van der Waals surface area contributed by atoms with Crippen LogP contribution in [-0.2, 0) is 4.74 Å². The van der Waals surface area contributed by atoms with Gasteiger partial charge < -0.3 is 10.5 Å². The Morgan fingerprint density at radius 2 is 2.17 bits per heavy atom. The van der Waals surface area contributed by atoms with Gasteiger partial charge in [-0.2, -0.15) is 0 Å². The molecule has 1 saturated carbocycles. The van der Waals surface area contributed by atoms with Gasteiger partial charge in [-0.05, 0) is 31.2 Å². The van der Waals surface area contributed by atoms with E-state index in [1.54, 1.807) is 0 Å². The average Bonchev–Trinajstić information content (AvgIpc) is 1.91. The van der Waals surface area contributed by atoms with E-state index in [1.807, 2.05) is 0 Å². The molecule has 1 aliphatic heterocycles. The summed E-state index contributed by atoms with van der Waals surface area (Å²) in [5.74, 6) is 1.57. The first-order chi connectivity index (χ1) is 5.79. The molecule has 70 valence electrons. The second-order valence-electron chi connectivity index (χ2n) is 4.49. The van der Waals surface area contributed by atoms with E-state index in [0.29, 0.717) is 11.3 Å². The summed E-state index contributed by atoms with van der Waals surface area (Å²) in [6.45, 7) is 5.03. The third-order valence-corrected chi connectivity index (χ3v) is 3.99. The molecule has 2 aliphatic rings. The number of hydrogen-bond acceptors (Lipinski definition) is 2. The summed E-state index contributed by atoms with van der Waals surface area (Å²) in [6.07, 6.45) is 4.24. The van der Waals surface area contributed by atoms with E-state index >= 15 is 0 Å². The lowest BCUT2D eigenvalue weighted by Crippen LogP contribution is -2.56. The fourth-order valence-corrected chi connectivity index (χ4v) is 2.48. The Bertz CT molecular complexity index is 154. The molecule has 2 fully saturated rings. The van der Waals surface area contributed by atoms with Crippen molar-refractivity contribution < 1.29 is 4.74 Å². The van der Waals surface area contributed by atoms with Crippen molar-refractivity contribution in [3.05, 3.63) is 0 Å². The molecule has 0 aromatic rings. The maximum absolute atomic E-state index is 5.73. The zero-order valence-electron chi connectivity index (χ0n) is 7.88. The molecule has 1 saturated heterocycles. The minimum absolute atomic E-state index is 0.479. The third kappa shape index (κ3) is 1.01. The normalized spacial score (nSPS) is 30.5. The van der Waals surface area contributed by atoms with Crippen LogP contribution in [0.3, 0.4) is 0 Å². The molecule has 0 spiro atoms. The highest BCUT2D eigenvalue weighted by Gasteiger charge is 2.50. The van der Waals surface area contributed by atoms with Crippen LogP contribution in [0, 0.1) is 17.3 Å². The average molecular weight is 169 g/mol. The molecule has 0 aromatic heterocycles. The van der Waals surface area contributed by atoms with Crippen molar-refractivity contribution >= 4 is 0 Å². The molecule has 2 rings (SSSR count). The Hall–Kier alpha value is -0.0800. The lowest BCUT2D eigenvalue weighted by Gasteiger charge is -2.54. The molecule has 1 unspecified atom stereocenters. The van der Waals surface area contributed by atoms with Crippen LogP contribution in [0.4, 0.5) is 0 Å². The summed E-state index contributed by atoms with van der Waals surface area (Å²) in [6, 6.07) is 0. The van der Waals surface area contributed by atoms with Gasteiger partial charge in [0.25, 0.3) is 0 Å². The molecule has 2 N–H and O–H groups in total. The van der Waals surface area contributed by atoms with Crippen LogP contribution in [0.1, 0.15) is 26.2 Å². The van der Waals surface area contributed by atoms with Crippen LogP contribution in [0.5, 0.6) is 0 Å². The van der Waals surface area contributed by atoms with Gasteiger partial charge in [0.1, 0.15) is 0 Å².